The molecule has 1 saturated heterocycles. The molecule has 1 aromatic heterocycles. The minimum atomic E-state index is -0.117. The molecule has 2 heterocycles. The van der Waals surface area contributed by atoms with E-state index in [1.807, 2.05) is 4.68 Å². The van der Waals surface area contributed by atoms with E-state index in [2.05, 4.69) is 92.0 Å². The largest absolute Gasteiger partial charge is 0.369 e. The Labute approximate surface area is 169 Å². The first-order valence-electron chi connectivity index (χ1n) is 10.5. The molecule has 2 aromatic rings. The molecular formula is C22H36N6. The highest BCUT2D eigenvalue weighted by molar-refractivity contribution is 5.55. The summed E-state index contributed by atoms with van der Waals surface area (Å²) in [4.78, 5) is 5.10. The fourth-order valence-electron chi connectivity index (χ4n) is 4.08. The van der Waals surface area contributed by atoms with Crippen LogP contribution in [0.5, 0.6) is 0 Å². The highest BCUT2D eigenvalue weighted by atomic mass is 15.6. The zero-order valence-corrected chi connectivity index (χ0v) is 18.6. The third-order valence-electron chi connectivity index (χ3n) is 5.58. The Bertz CT molecular complexity index is 781. The fraction of sp³-hybridized carbons (Fsp3) is 0.682. The molecule has 1 fully saturated rings. The van der Waals surface area contributed by atoms with Crippen molar-refractivity contribution in [3.8, 4) is 0 Å². The first-order valence-corrected chi connectivity index (χ1v) is 10.5. The summed E-state index contributed by atoms with van der Waals surface area (Å²) in [5, 5.41) is 12.8. The van der Waals surface area contributed by atoms with Crippen LogP contribution >= 0.6 is 0 Å². The molecule has 6 nitrogen and oxygen atoms in total. The van der Waals surface area contributed by atoms with Crippen LogP contribution in [0.25, 0.3) is 0 Å². The van der Waals surface area contributed by atoms with Gasteiger partial charge in [-0.3, -0.25) is 4.90 Å². The fourth-order valence-corrected chi connectivity index (χ4v) is 4.08. The van der Waals surface area contributed by atoms with Gasteiger partial charge in [0.25, 0.3) is 0 Å². The lowest BCUT2D eigenvalue weighted by Gasteiger charge is -2.41. The summed E-state index contributed by atoms with van der Waals surface area (Å²) in [6, 6.07) is 7.00. The Balaban J connectivity index is 1.79. The van der Waals surface area contributed by atoms with Crippen LogP contribution in [-0.4, -0.2) is 51.3 Å². The molecule has 1 atom stereocenters. The zero-order chi connectivity index (χ0) is 20.5. The lowest BCUT2D eigenvalue weighted by molar-refractivity contribution is 0.146. The van der Waals surface area contributed by atoms with E-state index in [0.717, 1.165) is 38.4 Å². The molecular weight excluding hydrogens is 348 g/mol. The van der Waals surface area contributed by atoms with Crippen molar-refractivity contribution in [3.05, 3.63) is 35.2 Å². The van der Waals surface area contributed by atoms with Gasteiger partial charge in [0.15, 0.2) is 5.82 Å². The van der Waals surface area contributed by atoms with E-state index in [4.69, 9.17) is 0 Å². The summed E-state index contributed by atoms with van der Waals surface area (Å²) < 4.78 is 2.01. The van der Waals surface area contributed by atoms with Crippen LogP contribution in [0.4, 0.5) is 5.69 Å². The number of benzene rings is 1. The van der Waals surface area contributed by atoms with Gasteiger partial charge in [-0.15, -0.1) is 5.10 Å². The van der Waals surface area contributed by atoms with Crippen molar-refractivity contribution < 1.29 is 0 Å². The van der Waals surface area contributed by atoms with E-state index in [0.29, 0.717) is 5.92 Å². The predicted octanol–water partition coefficient (Wildman–Crippen LogP) is 3.95. The van der Waals surface area contributed by atoms with E-state index >= 15 is 0 Å². The van der Waals surface area contributed by atoms with Gasteiger partial charge in [0.1, 0.15) is 0 Å². The second-order valence-corrected chi connectivity index (χ2v) is 9.58. The molecule has 0 spiro atoms. The Kier molecular flexibility index (Phi) is 6.08. The van der Waals surface area contributed by atoms with Crippen molar-refractivity contribution in [2.45, 2.75) is 66.5 Å². The summed E-state index contributed by atoms with van der Waals surface area (Å²) in [5.41, 5.74) is 3.94. The number of hydrogen-bond acceptors (Lipinski definition) is 5. The van der Waals surface area contributed by atoms with E-state index in [1.165, 1.54) is 16.8 Å². The van der Waals surface area contributed by atoms with E-state index in [-0.39, 0.29) is 11.6 Å². The number of aromatic nitrogens is 4. The second-order valence-electron chi connectivity index (χ2n) is 9.58. The Morgan fingerprint density at radius 1 is 1.04 bits per heavy atom. The van der Waals surface area contributed by atoms with Gasteiger partial charge in [-0.2, -0.15) is 0 Å². The molecule has 0 bridgehead atoms. The Hall–Kier alpha value is -1.95. The smallest absolute Gasteiger partial charge is 0.168 e. The quantitative estimate of drug-likeness (QED) is 0.781. The van der Waals surface area contributed by atoms with Gasteiger partial charge in [-0.05, 0) is 74.6 Å². The van der Waals surface area contributed by atoms with Crippen molar-refractivity contribution in [2.75, 3.05) is 31.1 Å². The molecule has 0 radical (unpaired) electrons. The number of tetrazole rings is 1. The lowest BCUT2D eigenvalue weighted by Crippen LogP contribution is -2.49. The van der Waals surface area contributed by atoms with E-state index in [1.54, 1.807) is 0 Å². The topological polar surface area (TPSA) is 50.1 Å². The van der Waals surface area contributed by atoms with Gasteiger partial charge in [0.05, 0.1) is 11.6 Å². The summed E-state index contributed by atoms with van der Waals surface area (Å²) in [7, 11) is 0. The number of hydrogen-bond donors (Lipinski definition) is 0. The first kappa shape index (κ1) is 20.8. The van der Waals surface area contributed by atoms with Gasteiger partial charge >= 0.3 is 0 Å². The van der Waals surface area contributed by atoms with Gasteiger partial charge < -0.3 is 4.90 Å². The van der Waals surface area contributed by atoms with E-state index < -0.39 is 0 Å². The van der Waals surface area contributed by atoms with Crippen molar-refractivity contribution >= 4 is 5.69 Å². The molecule has 0 amide bonds. The molecule has 3 rings (SSSR count). The molecule has 0 N–H and O–H groups in total. The minimum Gasteiger partial charge on any atom is -0.369 e. The average molecular weight is 385 g/mol. The standard InChI is InChI=1S/C22H36N6/c1-16(2)14-20(21-23-24-25-28(21)22(5,6)7)27-12-10-26(11-13-27)19-15-17(3)8-9-18(19)4/h8-9,15-16,20H,10-14H2,1-7H3/t20-/m1/s1. The number of aryl methyl sites for hydroxylation is 2. The van der Waals surface area contributed by atoms with Crippen LogP contribution in [0.15, 0.2) is 18.2 Å². The number of nitrogens with zero attached hydrogens (tertiary/aromatic N) is 6. The number of rotatable bonds is 5. The summed E-state index contributed by atoms with van der Waals surface area (Å²) >= 11 is 0. The molecule has 1 aliphatic heterocycles. The SMILES string of the molecule is Cc1ccc(C)c(N2CCN([C@H](CC(C)C)c3nnnn3C(C)(C)C)CC2)c1. The van der Waals surface area contributed by atoms with Gasteiger partial charge in [0, 0.05) is 31.9 Å². The summed E-state index contributed by atoms with van der Waals surface area (Å²) in [6.45, 7) is 19.6. The monoisotopic (exact) mass is 384 g/mol. The highest BCUT2D eigenvalue weighted by Gasteiger charge is 2.32. The molecule has 28 heavy (non-hydrogen) atoms. The van der Waals surface area contributed by atoms with Crippen molar-refractivity contribution in [1.29, 1.82) is 0 Å². The van der Waals surface area contributed by atoms with Crippen LogP contribution in [0.2, 0.25) is 0 Å². The maximum atomic E-state index is 4.46. The lowest BCUT2D eigenvalue weighted by atomic mass is 9.99. The Morgan fingerprint density at radius 2 is 1.71 bits per heavy atom. The first-order chi connectivity index (χ1) is 13.2. The van der Waals surface area contributed by atoms with E-state index in [9.17, 15) is 0 Å². The van der Waals surface area contributed by atoms with Gasteiger partial charge in [0.2, 0.25) is 0 Å². The summed E-state index contributed by atoms with van der Waals surface area (Å²) in [6.07, 6.45) is 1.07. The zero-order valence-electron chi connectivity index (χ0n) is 18.6. The summed E-state index contributed by atoms with van der Waals surface area (Å²) in [5.74, 6) is 1.59. The van der Waals surface area contributed by atoms with Crippen molar-refractivity contribution in [3.63, 3.8) is 0 Å². The number of anilines is 1. The second kappa shape index (κ2) is 8.19. The van der Waals surface area contributed by atoms with Crippen LogP contribution in [0.3, 0.4) is 0 Å². The van der Waals surface area contributed by atoms with Crippen LogP contribution in [-0.2, 0) is 5.54 Å². The van der Waals surface area contributed by atoms with Crippen LogP contribution in [0, 0.1) is 19.8 Å². The molecule has 6 heteroatoms. The molecule has 0 unspecified atom stereocenters. The molecule has 154 valence electrons. The molecule has 0 saturated carbocycles. The predicted molar refractivity (Wildman–Crippen MR) is 115 cm³/mol. The van der Waals surface area contributed by atoms with Crippen LogP contribution < -0.4 is 4.90 Å². The Morgan fingerprint density at radius 3 is 2.32 bits per heavy atom. The maximum Gasteiger partial charge on any atom is 0.168 e. The van der Waals surface area contributed by atoms with Gasteiger partial charge in [-0.1, -0.05) is 26.0 Å². The third kappa shape index (κ3) is 4.54. The highest BCUT2D eigenvalue weighted by Crippen LogP contribution is 2.31. The van der Waals surface area contributed by atoms with Crippen molar-refractivity contribution in [1.82, 2.24) is 25.1 Å². The van der Waals surface area contributed by atoms with Crippen molar-refractivity contribution in [2.24, 2.45) is 5.92 Å². The number of piperazine rings is 1. The average Bonchev–Trinajstić information content (AvgIpc) is 3.12. The molecule has 1 aliphatic rings. The normalized spacial score (nSPS) is 17.4. The minimum absolute atomic E-state index is 0.117. The third-order valence-corrected chi connectivity index (χ3v) is 5.58. The maximum absolute atomic E-state index is 4.46. The van der Waals surface area contributed by atoms with Crippen LogP contribution in [0.1, 0.15) is 64.0 Å². The van der Waals surface area contributed by atoms with Gasteiger partial charge in [-0.25, -0.2) is 4.68 Å². The molecule has 0 aliphatic carbocycles. The molecule has 1 aromatic carbocycles.